The van der Waals surface area contributed by atoms with Gasteiger partial charge in [0.25, 0.3) is 0 Å². The van der Waals surface area contributed by atoms with Crippen LogP contribution in [0.4, 0.5) is 0 Å². The highest BCUT2D eigenvalue weighted by Gasteiger charge is 2.19. The average Bonchev–Trinajstić information content (AvgIpc) is 3.48. The summed E-state index contributed by atoms with van der Waals surface area (Å²) in [6.07, 6.45) is 91.0. The van der Waals surface area contributed by atoms with E-state index in [9.17, 15) is 14.4 Å². The highest BCUT2D eigenvalue weighted by Crippen LogP contribution is 2.18. The summed E-state index contributed by atoms with van der Waals surface area (Å²) in [7, 11) is 0. The van der Waals surface area contributed by atoms with Crippen LogP contribution in [0.3, 0.4) is 0 Å². The van der Waals surface area contributed by atoms with Gasteiger partial charge in [-0.1, -0.05) is 338 Å². The van der Waals surface area contributed by atoms with Crippen LogP contribution in [0.15, 0.2) is 60.8 Å². The highest BCUT2D eigenvalue weighted by molar-refractivity contribution is 5.71. The van der Waals surface area contributed by atoms with E-state index in [2.05, 4.69) is 81.5 Å². The molecule has 0 saturated heterocycles. The van der Waals surface area contributed by atoms with Gasteiger partial charge in [0.05, 0.1) is 0 Å². The number of hydrogen-bond acceptors (Lipinski definition) is 6. The van der Waals surface area contributed by atoms with Crippen molar-refractivity contribution in [3.05, 3.63) is 60.8 Å². The molecule has 0 amide bonds. The minimum Gasteiger partial charge on any atom is -0.462 e. The Labute approximate surface area is 510 Å². The zero-order chi connectivity index (χ0) is 59.2. The van der Waals surface area contributed by atoms with Crippen LogP contribution in [0.1, 0.15) is 387 Å². The second-order valence-electron chi connectivity index (χ2n) is 24.5. The van der Waals surface area contributed by atoms with E-state index in [0.29, 0.717) is 19.3 Å². The van der Waals surface area contributed by atoms with Crippen molar-refractivity contribution in [1.82, 2.24) is 0 Å². The second-order valence-corrected chi connectivity index (χ2v) is 24.5. The van der Waals surface area contributed by atoms with E-state index < -0.39 is 6.10 Å². The molecule has 0 aliphatic heterocycles. The first kappa shape index (κ1) is 79.1. The molecule has 0 aliphatic rings. The third-order valence-electron chi connectivity index (χ3n) is 16.2. The molecule has 0 aliphatic carbocycles. The van der Waals surface area contributed by atoms with Gasteiger partial charge in [-0.05, 0) is 89.9 Å². The van der Waals surface area contributed by atoms with Gasteiger partial charge in [0.15, 0.2) is 6.10 Å². The van der Waals surface area contributed by atoms with Crippen LogP contribution in [0.2, 0.25) is 0 Å². The van der Waals surface area contributed by atoms with Crippen LogP contribution in [0, 0.1) is 0 Å². The molecule has 6 nitrogen and oxygen atoms in total. The molecule has 1 unspecified atom stereocenters. The number of allylic oxidation sites excluding steroid dienone is 10. The minimum absolute atomic E-state index is 0.0708. The summed E-state index contributed by atoms with van der Waals surface area (Å²) >= 11 is 0. The van der Waals surface area contributed by atoms with Gasteiger partial charge in [0.1, 0.15) is 13.2 Å². The smallest absolute Gasteiger partial charge is 0.306 e. The van der Waals surface area contributed by atoms with Crippen molar-refractivity contribution in [3.8, 4) is 0 Å². The van der Waals surface area contributed by atoms with Crippen molar-refractivity contribution < 1.29 is 28.6 Å². The van der Waals surface area contributed by atoms with Gasteiger partial charge in [-0.25, -0.2) is 0 Å². The van der Waals surface area contributed by atoms with E-state index in [-0.39, 0.29) is 31.1 Å². The number of rotatable bonds is 67. The molecule has 0 heterocycles. The van der Waals surface area contributed by atoms with Crippen molar-refractivity contribution in [3.63, 3.8) is 0 Å². The summed E-state index contributed by atoms with van der Waals surface area (Å²) in [4.78, 5) is 38.5. The summed E-state index contributed by atoms with van der Waals surface area (Å²) in [5.74, 6) is -0.849. The van der Waals surface area contributed by atoms with Crippen LogP contribution in [0.5, 0.6) is 0 Å². The average molecular weight is 1150 g/mol. The molecule has 0 spiro atoms. The summed E-state index contributed by atoms with van der Waals surface area (Å²) < 4.78 is 17.0. The maximum atomic E-state index is 13.0. The van der Waals surface area contributed by atoms with E-state index in [1.54, 1.807) is 0 Å². The number of carbonyl (C=O) groups excluding carboxylic acids is 3. The SMILES string of the molecule is CCCCCCC/C=C\C/C=C\C/C=C\CCCCCCCCCCCCCCC(=O)OCC(COC(=O)CCCCCCCCCCCCCCCC)OC(=O)CCCCCCCCCCCCC/C=C\C/C=C\CCCCCCC. The van der Waals surface area contributed by atoms with Crippen LogP contribution in [0.25, 0.3) is 0 Å². The Bertz CT molecular complexity index is 1460. The third kappa shape index (κ3) is 67.9. The van der Waals surface area contributed by atoms with Crippen LogP contribution in [-0.4, -0.2) is 37.2 Å². The summed E-state index contributed by atoms with van der Waals surface area (Å²) in [5, 5.41) is 0. The first-order valence-electron chi connectivity index (χ1n) is 36.3. The monoisotopic (exact) mass is 1150 g/mol. The quantitative estimate of drug-likeness (QED) is 0.0261. The fourth-order valence-corrected chi connectivity index (χ4v) is 10.8. The van der Waals surface area contributed by atoms with Crippen LogP contribution in [-0.2, 0) is 28.6 Å². The lowest BCUT2D eigenvalue weighted by Crippen LogP contribution is -2.30. The zero-order valence-corrected chi connectivity index (χ0v) is 55.0. The number of ether oxygens (including phenoxy) is 3. The molecule has 82 heavy (non-hydrogen) atoms. The predicted molar refractivity (Wildman–Crippen MR) is 358 cm³/mol. The summed E-state index contributed by atoms with van der Waals surface area (Å²) in [6.45, 7) is 6.68. The standard InChI is InChI=1S/C76H138O6/c1-4-7-10-13-16-19-22-25-28-30-32-34-36-37-38-39-41-42-44-46-48-51-54-57-60-63-66-69-75(78)81-72-73(71-80-74(77)68-65-62-59-56-53-50-27-24-21-18-15-12-9-6-3)82-76(79)70-67-64-61-58-55-52-49-47-45-43-40-35-33-31-29-26-23-20-17-14-11-8-5-2/h22-23,25-26,30-33,36-37,73H,4-21,24,27-29,34-35,38-72H2,1-3H3/b25-22-,26-23-,32-30-,33-31-,37-36-. The summed E-state index contributed by atoms with van der Waals surface area (Å²) in [5.41, 5.74) is 0. The Balaban J connectivity index is 4.27. The molecular weight excluding hydrogens is 1010 g/mol. The second kappa shape index (κ2) is 70.6. The van der Waals surface area contributed by atoms with E-state index >= 15 is 0 Å². The van der Waals surface area contributed by atoms with Gasteiger partial charge < -0.3 is 14.2 Å². The van der Waals surface area contributed by atoms with Crippen molar-refractivity contribution in [2.24, 2.45) is 0 Å². The Morgan fingerprint density at radius 3 is 0.683 bits per heavy atom. The topological polar surface area (TPSA) is 78.9 Å². The third-order valence-corrected chi connectivity index (χ3v) is 16.2. The number of hydrogen-bond donors (Lipinski definition) is 0. The lowest BCUT2D eigenvalue weighted by molar-refractivity contribution is -0.167. The van der Waals surface area contributed by atoms with E-state index in [1.807, 2.05) is 0 Å². The molecule has 0 aromatic carbocycles. The van der Waals surface area contributed by atoms with Gasteiger partial charge >= 0.3 is 17.9 Å². The fraction of sp³-hybridized carbons (Fsp3) is 0.829. The number of esters is 3. The number of unbranched alkanes of at least 4 members (excludes halogenated alkanes) is 46. The molecular formula is C76H138O6. The van der Waals surface area contributed by atoms with Gasteiger partial charge in [0.2, 0.25) is 0 Å². The maximum absolute atomic E-state index is 13.0. The van der Waals surface area contributed by atoms with Gasteiger partial charge in [-0.15, -0.1) is 0 Å². The Morgan fingerprint density at radius 1 is 0.244 bits per heavy atom. The lowest BCUT2D eigenvalue weighted by atomic mass is 10.0. The molecule has 0 aromatic heterocycles. The van der Waals surface area contributed by atoms with E-state index in [4.69, 9.17) is 14.2 Å². The zero-order valence-electron chi connectivity index (χ0n) is 55.0. The van der Waals surface area contributed by atoms with E-state index in [0.717, 1.165) is 77.0 Å². The molecule has 0 aromatic rings. The predicted octanol–water partition coefficient (Wildman–Crippen LogP) is 25.1. The van der Waals surface area contributed by atoms with Gasteiger partial charge in [-0.3, -0.25) is 14.4 Å². The van der Waals surface area contributed by atoms with Gasteiger partial charge in [0, 0.05) is 19.3 Å². The van der Waals surface area contributed by atoms with Crippen molar-refractivity contribution >= 4 is 17.9 Å². The molecule has 0 radical (unpaired) electrons. The molecule has 0 rings (SSSR count). The van der Waals surface area contributed by atoms with Crippen LogP contribution < -0.4 is 0 Å². The molecule has 0 N–H and O–H groups in total. The Kier molecular flexibility index (Phi) is 68.1. The molecule has 478 valence electrons. The number of carbonyl (C=O) groups is 3. The van der Waals surface area contributed by atoms with E-state index in [1.165, 1.54) is 270 Å². The lowest BCUT2D eigenvalue weighted by Gasteiger charge is -2.18. The Hall–Kier alpha value is -2.89. The van der Waals surface area contributed by atoms with Crippen molar-refractivity contribution in [2.75, 3.05) is 13.2 Å². The maximum Gasteiger partial charge on any atom is 0.306 e. The van der Waals surface area contributed by atoms with Crippen molar-refractivity contribution in [1.29, 1.82) is 0 Å². The highest BCUT2D eigenvalue weighted by atomic mass is 16.6. The fourth-order valence-electron chi connectivity index (χ4n) is 10.8. The molecule has 0 bridgehead atoms. The molecule has 1 atom stereocenters. The molecule has 0 fully saturated rings. The summed E-state index contributed by atoms with van der Waals surface area (Å²) in [6, 6.07) is 0. The van der Waals surface area contributed by atoms with Crippen LogP contribution >= 0.6 is 0 Å². The van der Waals surface area contributed by atoms with Crippen molar-refractivity contribution in [2.45, 2.75) is 393 Å². The molecule has 6 heteroatoms. The normalized spacial score (nSPS) is 12.4. The first-order valence-corrected chi connectivity index (χ1v) is 36.3. The molecule has 0 saturated carbocycles. The largest absolute Gasteiger partial charge is 0.462 e. The first-order chi connectivity index (χ1) is 40.5. The Morgan fingerprint density at radius 2 is 0.439 bits per heavy atom. The van der Waals surface area contributed by atoms with Gasteiger partial charge in [-0.2, -0.15) is 0 Å². The minimum atomic E-state index is -0.776.